The molecule has 0 amide bonds. The number of benzene rings is 1. The van der Waals surface area contributed by atoms with Crippen molar-refractivity contribution in [3.63, 3.8) is 0 Å². The van der Waals surface area contributed by atoms with Crippen molar-refractivity contribution in [3.8, 4) is 5.75 Å². The minimum Gasteiger partial charge on any atom is -0.507 e. The maximum Gasteiger partial charge on any atom is 0.123 e. The quantitative estimate of drug-likeness (QED) is 0.622. The summed E-state index contributed by atoms with van der Waals surface area (Å²) in [7, 11) is 0. The zero-order valence-corrected chi connectivity index (χ0v) is 18.0. The first kappa shape index (κ1) is 21.1. The molecule has 1 nitrogen and oxygen atoms in total. The molecule has 0 spiro atoms. The van der Waals surface area contributed by atoms with Gasteiger partial charge in [0.15, 0.2) is 0 Å². The van der Waals surface area contributed by atoms with Crippen molar-refractivity contribution in [1.82, 2.24) is 0 Å². The van der Waals surface area contributed by atoms with Gasteiger partial charge in [-0.15, -0.1) is 0 Å². The highest BCUT2D eigenvalue weighted by Gasteiger charge is 2.30. The van der Waals surface area contributed by atoms with Crippen LogP contribution in [-0.2, 0) is 10.8 Å². The van der Waals surface area contributed by atoms with Gasteiger partial charge in [-0.05, 0) is 51.2 Å². The molecule has 24 heavy (non-hydrogen) atoms. The van der Waals surface area contributed by atoms with E-state index in [1.807, 2.05) is 0 Å². The van der Waals surface area contributed by atoms with Crippen LogP contribution in [0, 0.1) is 11.3 Å². The Balaban J connectivity index is 3.63. The summed E-state index contributed by atoms with van der Waals surface area (Å²) in [6.45, 7) is 24.7. The molecule has 1 atom stereocenters. The summed E-state index contributed by atoms with van der Waals surface area (Å²) in [5.41, 5.74) is 3.69. The van der Waals surface area contributed by atoms with Gasteiger partial charge in [0.1, 0.15) is 5.75 Å². The SMILES string of the molecule is CC(C)C(CC(C)(C)C)c1cc(C(C)(C)C)c(O)c(C(C)(C)C)c1. The summed E-state index contributed by atoms with van der Waals surface area (Å²) in [5, 5.41) is 10.9. The second kappa shape index (κ2) is 6.73. The van der Waals surface area contributed by atoms with E-state index in [9.17, 15) is 5.11 Å². The van der Waals surface area contributed by atoms with Crippen LogP contribution in [-0.4, -0.2) is 5.11 Å². The molecule has 0 heterocycles. The molecule has 1 aromatic carbocycles. The van der Waals surface area contributed by atoms with Crippen molar-refractivity contribution >= 4 is 0 Å². The zero-order valence-electron chi connectivity index (χ0n) is 18.0. The summed E-state index contributed by atoms with van der Waals surface area (Å²) < 4.78 is 0. The average molecular weight is 333 g/mol. The summed E-state index contributed by atoms with van der Waals surface area (Å²) in [6, 6.07) is 4.53. The van der Waals surface area contributed by atoms with Crippen LogP contribution in [0.25, 0.3) is 0 Å². The molecule has 0 fully saturated rings. The molecule has 1 aromatic rings. The van der Waals surface area contributed by atoms with E-state index in [-0.39, 0.29) is 16.2 Å². The summed E-state index contributed by atoms with van der Waals surface area (Å²) in [5.74, 6) is 1.57. The third kappa shape index (κ3) is 5.26. The maximum atomic E-state index is 10.9. The summed E-state index contributed by atoms with van der Waals surface area (Å²) >= 11 is 0. The molecule has 138 valence electrons. The van der Waals surface area contributed by atoms with E-state index in [4.69, 9.17) is 0 Å². The molecular weight excluding hydrogens is 292 g/mol. The minimum absolute atomic E-state index is 0.0661. The summed E-state index contributed by atoms with van der Waals surface area (Å²) in [6.07, 6.45) is 1.16. The largest absolute Gasteiger partial charge is 0.507 e. The lowest BCUT2D eigenvalue weighted by Crippen LogP contribution is -2.21. The van der Waals surface area contributed by atoms with Gasteiger partial charge in [-0.25, -0.2) is 0 Å². The van der Waals surface area contributed by atoms with Crippen LogP contribution in [0.5, 0.6) is 5.75 Å². The molecule has 1 heteroatoms. The Hall–Kier alpha value is -0.980. The van der Waals surface area contributed by atoms with Crippen molar-refractivity contribution in [3.05, 3.63) is 28.8 Å². The monoisotopic (exact) mass is 332 g/mol. The third-order valence-electron chi connectivity index (χ3n) is 4.81. The van der Waals surface area contributed by atoms with E-state index < -0.39 is 0 Å². The minimum atomic E-state index is -0.0661. The molecule has 1 N–H and O–H groups in total. The molecular formula is C23H40O. The number of phenols is 1. The predicted molar refractivity (Wildman–Crippen MR) is 107 cm³/mol. The fourth-order valence-electron chi connectivity index (χ4n) is 3.41. The first-order valence-electron chi connectivity index (χ1n) is 9.42. The topological polar surface area (TPSA) is 20.2 Å². The van der Waals surface area contributed by atoms with Crippen LogP contribution >= 0.6 is 0 Å². The number of hydrogen-bond donors (Lipinski definition) is 1. The molecule has 1 unspecified atom stereocenters. The fourth-order valence-corrected chi connectivity index (χ4v) is 3.41. The van der Waals surface area contributed by atoms with Crippen molar-refractivity contribution in [1.29, 1.82) is 0 Å². The van der Waals surface area contributed by atoms with Gasteiger partial charge >= 0.3 is 0 Å². The average Bonchev–Trinajstić information content (AvgIpc) is 2.32. The Labute approximate surface area is 150 Å². The van der Waals surface area contributed by atoms with Gasteiger partial charge in [0, 0.05) is 0 Å². The molecule has 0 saturated heterocycles. The number of rotatable bonds is 3. The summed E-state index contributed by atoms with van der Waals surface area (Å²) in [4.78, 5) is 0. The Morgan fingerprint density at radius 3 is 1.42 bits per heavy atom. The van der Waals surface area contributed by atoms with E-state index in [0.717, 1.165) is 17.5 Å². The Kier molecular flexibility index (Phi) is 5.91. The van der Waals surface area contributed by atoms with Gasteiger partial charge in [0.25, 0.3) is 0 Å². The van der Waals surface area contributed by atoms with E-state index in [0.29, 0.717) is 17.6 Å². The maximum absolute atomic E-state index is 10.9. The molecule has 0 aliphatic heterocycles. The zero-order chi connectivity index (χ0) is 19.1. The van der Waals surface area contributed by atoms with Crippen molar-refractivity contribution in [2.45, 2.75) is 99.3 Å². The smallest absolute Gasteiger partial charge is 0.123 e. The third-order valence-corrected chi connectivity index (χ3v) is 4.81. The molecule has 1 rings (SSSR count). The van der Waals surface area contributed by atoms with Crippen LogP contribution in [0.2, 0.25) is 0 Å². The van der Waals surface area contributed by atoms with Crippen LogP contribution in [0.4, 0.5) is 0 Å². The first-order chi connectivity index (χ1) is 10.5. The van der Waals surface area contributed by atoms with E-state index in [1.54, 1.807) is 0 Å². The van der Waals surface area contributed by atoms with Gasteiger partial charge in [0.2, 0.25) is 0 Å². The van der Waals surface area contributed by atoms with Gasteiger partial charge < -0.3 is 5.11 Å². The van der Waals surface area contributed by atoms with Crippen LogP contribution < -0.4 is 0 Å². The van der Waals surface area contributed by atoms with Crippen LogP contribution in [0.15, 0.2) is 12.1 Å². The Bertz CT molecular complexity index is 524. The van der Waals surface area contributed by atoms with Crippen LogP contribution in [0.3, 0.4) is 0 Å². The Morgan fingerprint density at radius 2 is 1.17 bits per heavy atom. The molecule has 0 radical (unpaired) electrons. The van der Waals surface area contributed by atoms with E-state index in [1.165, 1.54) is 5.56 Å². The lowest BCUT2D eigenvalue weighted by Gasteiger charge is -2.33. The van der Waals surface area contributed by atoms with Gasteiger partial charge in [-0.2, -0.15) is 0 Å². The highest BCUT2D eigenvalue weighted by molar-refractivity contribution is 5.50. The normalized spacial score (nSPS) is 15.0. The number of phenolic OH excluding ortho intramolecular Hbond substituents is 1. The van der Waals surface area contributed by atoms with Gasteiger partial charge in [0.05, 0.1) is 0 Å². The second-order valence-corrected chi connectivity index (χ2v) is 11.1. The molecule has 0 bridgehead atoms. The standard InChI is InChI=1S/C23H40O/c1-15(2)17(14-21(3,4)5)16-12-18(22(6,7)8)20(24)19(13-16)23(9,10)11/h12-13,15,17,24H,14H2,1-11H3. The lowest BCUT2D eigenvalue weighted by molar-refractivity contribution is 0.300. The Morgan fingerprint density at radius 1 is 0.792 bits per heavy atom. The highest BCUT2D eigenvalue weighted by Crippen LogP contribution is 2.44. The van der Waals surface area contributed by atoms with Crippen molar-refractivity contribution in [2.75, 3.05) is 0 Å². The number of aromatic hydroxyl groups is 1. The first-order valence-corrected chi connectivity index (χ1v) is 9.42. The van der Waals surface area contributed by atoms with E-state index in [2.05, 4.69) is 88.3 Å². The fraction of sp³-hybridized carbons (Fsp3) is 0.739. The predicted octanol–water partition coefficient (Wildman–Crippen LogP) is 7.16. The molecule has 0 aromatic heterocycles. The van der Waals surface area contributed by atoms with Crippen molar-refractivity contribution in [2.24, 2.45) is 11.3 Å². The number of hydrogen-bond acceptors (Lipinski definition) is 1. The van der Waals surface area contributed by atoms with Crippen LogP contribution in [0.1, 0.15) is 105 Å². The van der Waals surface area contributed by atoms with Gasteiger partial charge in [-0.3, -0.25) is 0 Å². The second-order valence-electron chi connectivity index (χ2n) is 11.1. The van der Waals surface area contributed by atoms with Crippen molar-refractivity contribution < 1.29 is 5.11 Å². The lowest BCUT2D eigenvalue weighted by atomic mass is 9.72. The molecule has 0 aliphatic rings. The van der Waals surface area contributed by atoms with Gasteiger partial charge in [-0.1, -0.05) is 88.3 Å². The van der Waals surface area contributed by atoms with E-state index >= 15 is 0 Å². The highest BCUT2D eigenvalue weighted by atomic mass is 16.3. The molecule has 0 aliphatic carbocycles. The molecule has 0 saturated carbocycles.